The van der Waals surface area contributed by atoms with Gasteiger partial charge in [0.1, 0.15) is 5.69 Å². The summed E-state index contributed by atoms with van der Waals surface area (Å²) in [7, 11) is 3.20. The number of ether oxygens (including phenoxy) is 2. The SMILES string of the molecule is C=CCc1cc(CNC(=O)c2ccc[nH]2)cc(OC)c1OC. The van der Waals surface area contributed by atoms with Gasteiger partial charge in [0.05, 0.1) is 14.2 Å². The van der Waals surface area contributed by atoms with Crippen molar-refractivity contribution in [3.05, 3.63) is 59.9 Å². The van der Waals surface area contributed by atoms with Gasteiger partial charge in [-0.25, -0.2) is 0 Å². The van der Waals surface area contributed by atoms with Gasteiger partial charge in [-0.3, -0.25) is 4.79 Å². The Bertz CT molecular complexity index is 648. The van der Waals surface area contributed by atoms with E-state index in [1.54, 1.807) is 38.6 Å². The number of aromatic amines is 1. The largest absolute Gasteiger partial charge is 0.493 e. The molecule has 0 saturated heterocycles. The Morgan fingerprint density at radius 2 is 2.18 bits per heavy atom. The highest BCUT2D eigenvalue weighted by Gasteiger charge is 2.12. The Kier molecular flexibility index (Phi) is 5.25. The number of benzene rings is 1. The van der Waals surface area contributed by atoms with Crippen LogP contribution in [0.4, 0.5) is 0 Å². The molecular formula is C17H20N2O3. The number of H-pyrrole nitrogens is 1. The van der Waals surface area contributed by atoms with E-state index in [2.05, 4.69) is 16.9 Å². The van der Waals surface area contributed by atoms with Gasteiger partial charge >= 0.3 is 0 Å². The molecule has 0 atom stereocenters. The normalized spacial score (nSPS) is 10.1. The molecule has 116 valence electrons. The fourth-order valence-corrected chi connectivity index (χ4v) is 2.26. The van der Waals surface area contributed by atoms with Crippen LogP contribution in [0.1, 0.15) is 21.6 Å². The van der Waals surface area contributed by atoms with Crippen molar-refractivity contribution in [1.29, 1.82) is 0 Å². The van der Waals surface area contributed by atoms with Crippen molar-refractivity contribution in [2.75, 3.05) is 14.2 Å². The van der Waals surface area contributed by atoms with Crippen molar-refractivity contribution in [1.82, 2.24) is 10.3 Å². The maximum atomic E-state index is 12.0. The Labute approximate surface area is 130 Å². The molecule has 1 aromatic heterocycles. The van der Waals surface area contributed by atoms with Gasteiger partial charge in [0.15, 0.2) is 11.5 Å². The first kappa shape index (κ1) is 15.7. The lowest BCUT2D eigenvalue weighted by atomic mass is 10.1. The lowest BCUT2D eigenvalue weighted by Crippen LogP contribution is -2.23. The van der Waals surface area contributed by atoms with Crippen molar-refractivity contribution in [2.45, 2.75) is 13.0 Å². The highest BCUT2D eigenvalue weighted by atomic mass is 16.5. The van der Waals surface area contributed by atoms with Gasteiger partial charge in [-0.1, -0.05) is 6.08 Å². The summed E-state index contributed by atoms with van der Waals surface area (Å²) in [6.07, 6.45) is 4.18. The third kappa shape index (κ3) is 3.49. The summed E-state index contributed by atoms with van der Waals surface area (Å²) in [4.78, 5) is 14.8. The van der Waals surface area contributed by atoms with Crippen LogP contribution in [0.5, 0.6) is 11.5 Å². The number of hydrogen-bond donors (Lipinski definition) is 2. The van der Waals surface area contributed by atoms with Gasteiger partial charge in [0, 0.05) is 18.3 Å². The molecule has 5 heteroatoms. The number of methoxy groups -OCH3 is 2. The molecule has 2 N–H and O–H groups in total. The quantitative estimate of drug-likeness (QED) is 0.773. The average Bonchev–Trinajstić information content (AvgIpc) is 3.06. The minimum absolute atomic E-state index is 0.148. The number of amides is 1. The molecule has 0 spiro atoms. The highest BCUT2D eigenvalue weighted by molar-refractivity contribution is 5.92. The Morgan fingerprint density at radius 1 is 1.36 bits per heavy atom. The Hall–Kier alpha value is -2.69. The summed E-state index contributed by atoms with van der Waals surface area (Å²) in [6.45, 7) is 4.16. The van der Waals surface area contributed by atoms with E-state index in [9.17, 15) is 4.79 Å². The zero-order chi connectivity index (χ0) is 15.9. The molecule has 2 aromatic rings. The van der Waals surface area contributed by atoms with E-state index in [1.165, 1.54) is 0 Å². The number of carbonyl (C=O) groups is 1. The zero-order valence-electron chi connectivity index (χ0n) is 12.8. The van der Waals surface area contributed by atoms with Gasteiger partial charge < -0.3 is 19.8 Å². The van der Waals surface area contributed by atoms with Gasteiger partial charge in [-0.2, -0.15) is 0 Å². The van der Waals surface area contributed by atoms with Crippen molar-refractivity contribution < 1.29 is 14.3 Å². The second kappa shape index (κ2) is 7.36. The molecule has 0 saturated carbocycles. The molecule has 0 bridgehead atoms. The van der Waals surface area contributed by atoms with Gasteiger partial charge in [0.2, 0.25) is 0 Å². The molecule has 0 aliphatic heterocycles. The molecule has 0 unspecified atom stereocenters. The minimum Gasteiger partial charge on any atom is -0.493 e. The predicted octanol–water partition coefficient (Wildman–Crippen LogP) is 2.69. The van der Waals surface area contributed by atoms with E-state index in [4.69, 9.17) is 9.47 Å². The Balaban J connectivity index is 2.18. The van der Waals surface area contributed by atoms with Gasteiger partial charge in [-0.15, -0.1) is 6.58 Å². The number of allylic oxidation sites excluding steroid dienone is 1. The molecule has 5 nitrogen and oxygen atoms in total. The van der Waals surface area contributed by atoms with Crippen LogP contribution < -0.4 is 14.8 Å². The van der Waals surface area contributed by atoms with E-state index in [0.717, 1.165) is 11.1 Å². The Morgan fingerprint density at radius 3 is 2.77 bits per heavy atom. The van der Waals surface area contributed by atoms with Gasteiger partial charge in [-0.05, 0) is 36.2 Å². The molecule has 0 fully saturated rings. The smallest absolute Gasteiger partial charge is 0.267 e. The van der Waals surface area contributed by atoms with Crippen LogP contribution in [0.25, 0.3) is 0 Å². The summed E-state index contributed by atoms with van der Waals surface area (Å²) >= 11 is 0. The van der Waals surface area contributed by atoms with Crippen LogP contribution in [0.3, 0.4) is 0 Å². The van der Waals surface area contributed by atoms with E-state index >= 15 is 0 Å². The first-order valence-corrected chi connectivity index (χ1v) is 6.95. The second-order valence-electron chi connectivity index (χ2n) is 4.75. The van der Waals surface area contributed by atoms with Gasteiger partial charge in [0.25, 0.3) is 5.91 Å². The van der Waals surface area contributed by atoms with Crippen molar-refractivity contribution in [2.24, 2.45) is 0 Å². The maximum absolute atomic E-state index is 12.0. The lowest BCUT2D eigenvalue weighted by Gasteiger charge is -2.14. The fourth-order valence-electron chi connectivity index (χ4n) is 2.26. The van der Waals surface area contributed by atoms with E-state index in [0.29, 0.717) is 30.2 Å². The first-order chi connectivity index (χ1) is 10.7. The average molecular weight is 300 g/mol. The number of nitrogens with one attached hydrogen (secondary N) is 2. The van der Waals surface area contributed by atoms with E-state index in [-0.39, 0.29) is 5.91 Å². The fraction of sp³-hybridized carbons (Fsp3) is 0.235. The van der Waals surface area contributed by atoms with E-state index in [1.807, 2.05) is 12.1 Å². The summed E-state index contributed by atoms with van der Waals surface area (Å²) in [5.41, 5.74) is 2.45. The number of hydrogen-bond acceptors (Lipinski definition) is 3. The standard InChI is InChI=1S/C17H20N2O3/c1-4-6-13-9-12(10-15(21-2)16(13)22-3)11-19-17(20)14-7-5-8-18-14/h4-5,7-10,18H,1,6,11H2,2-3H3,(H,19,20). The monoisotopic (exact) mass is 300 g/mol. The molecular weight excluding hydrogens is 280 g/mol. The molecule has 22 heavy (non-hydrogen) atoms. The third-order valence-corrected chi connectivity index (χ3v) is 3.28. The second-order valence-corrected chi connectivity index (χ2v) is 4.75. The topological polar surface area (TPSA) is 63.4 Å². The number of carbonyl (C=O) groups excluding carboxylic acids is 1. The van der Waals surface area contributed by atoms with Crippen LogP contribution in [0.2, 0.25) is 0 Å². The molecule has 0 radical (unpaired) electrons. The summed E-state index contributed by atoms with van der Waals surface area (Å²) < 4.78 is 10.8. The first-order valence-electron chi connectivity index (χ1n) is 6.95. The van der Waals surface area contributed by atoms with Crippen LogP contribution in [-0.4, -0.2) is 25.1 Å². The minimum atomic E-state index is -0.148. The van der Waals surface area contributed by atoms with E-state index < -0.39 is 0 Å². The highest BCUT2D eigenvalue weighted by Crippen LogP contribution is 2.33. The van der Waals surface area contributed by atoms with Crippen molar-refractivity contribution in [3.8, 4) is 11.5 Å². The lowest BCUT2D eigenvalue weighted by molar-refractivity contribution is 0.0946. The third-order valence-electron chi connectivity index (χ3n) is 3.28. The van der Waals surface area contributed by atoms with Crippen LogP contribution in [-0.2, 0) is 13.0 Å². The maximum Gasteiger partial charge on any atom is 0.267 e. The summed E-state index contributed by atoms with van der Waals surface area (Å²) in [6, 6.07) is 7.36. The number of aromatic nitrogens is 1. The molecule has 1 aromatic carbocycles. The molecule has 0 aliphatic rings. The predicted molar refractivity (Wildman–Crippen MR) is 85.4 cm³/mol. The summed E-state index contributed by atoms with van der Waals surface area (Å²) in [5.74, 6) is 1.19. The zero-order valence-corrected chi connectivity index (χ0v) is 12.8. The van der Waals surface area contributed by atoms with Crippen LogP contribution in [0.15, 0.2) is 43.1 Å². The molecule has 2 rings (SSSR count). The number of rotatable bonds is 7. The molecule has 1 amide bonds. The van der Waals surface area contributed by atoms with Crippen LogP contribution >= 0.6 is 0 Å². The molecule has 1 heterocycles. The van der Waals surface area contributed by atoms with Crippen molar-refractivity contribution >= 4 is 5.91 Å². The molecule has 0 aliphatic carbocycles. The van der Waals surface area contributed by atoms with Crippen molar-refractivity contribution in [3.63, 3.8) is 0 Å². The summed E-state index contributed by atoms with van der Waals surface area (Å²) in [5, 5.41) is 2.87. The van der Waals surface area contributed by atoms with Crippen LogP contribution in [0, 0.1) is 0 Å².